The van der Waals surface area contributed by atoms with Crippen LogP contribution in [0.15, 0.2) is 90.1 Å². The van der Waals surface area contributed by atoms with E-state index in [2.05, 4.69) is 15.5 Å². The van der Waals surface area contributed by atoms with Gasteiger partial charge in [0.1, 0.15) is 0 Å². The highest BCUT2D eigenvalue weighted by molar-refractivity contribution is 7.98. The van der Waals surface area contributed by atoms with Gasteiger partial charge in [-0.2, -0.15) is 0 Å². The second-order valence-electron chi connectivity index (χ2n) is 7.17. The molecule has 0 saturated carbocycles. The van der Waals surface area contributed by atoms with Crippen molar-refractivity contribution in [2.45, 2.75) is 30.3 Å². The summed E-state index contributed by atoms with van der Waals surface area (Å²) in [5.41, 5.74) is 2.88. The second kappa shape index (κ2) is 10.5. The molecule has 1 aromatic heterocycles. The van der Waals surface area contributed by atoms with E-state index in [1.165, 1.54) is 0 Å². The topological polar surface area (TPSA) is 59.8 Å². The number of hydrogen-bond acceptors (Lipinski definition) is 4. The molecule has 0 unspecified atom stereocenters. The molecular formula is C25H23ClN4OS. The normalized spacial score (nSPS) is 11.0. The summed E-state index contributed by atoms with van der Waals surface area (Å²) in [4.78, 5) is 13.4. The average molecular weight is 463 g/mol. The van der Waals surface area contributed by atoms with Crippen molar-refractivity contribution in [2.24, 2.45) is 0 Å². The van der Waals surface area contributed by atoms with Gasteiger partial charge in [-0.15, -0.1) is 10.2 Å². The molecule has 4 rings (SSSR count). The zero-order valence-corrected chi connectivity index (χ0v) is 19.2. The third-order valence-corrected chi connectivity index (χ3v) is 6.49. The Morgan fingerprint density at radius 2 is 1.53 bits per heavy atom. The monoisotopic (exact) mass is 462 g/mol. The Kier molecular flexibility index (Phi) is 7.24. The molecule has 0 aliphatic carbocycles. The zero-order valence-electron chi connectivity index (χ0n) is 17.6. The van der Waals surface area contributed by atoms with E-state index in [9.17, 15) is 4.79 Å². The molecule has 1 N–H and O–H groups in total. The SMILES string of the molecule is CCn1c(NC(=O)C(c2ccccc2)c2ccccc2)nnc1SCc1ccccc1Cl. The summed E-state index contributed by atoms with van der Waals surface area (Å²) in [6.07, 6.45) is 0. The summed E-state index contributed by atoms with van der Waals surface area (Å²) in [5, 5.41) is 13.0. The highest BCUT2D eigenvalue weighted by Gasteiger charge is 2.24. The Bertz CT molecular complexity index is 1140. The lowest BCUT2D eigenvalue weighted by atomic mass is 9.90. The summed E-state index contributed by atoms with van der Waals surface area (Å²) in [5.74, 6) is 0.518. The number of thioether (sulfide) groups is 1. The van der Waals surface area contributed by atoms with Gasteiger partial charge in [0.2, 0.25) is 11.9 Å². The van der Waals surface area contributed by atoms with Gasteiger partial charge in [-0.1, -0.05) is 102 Å². The number of benzene rings is 3. The first kappa shape index (κ1) is 22.1. The van der Waals surface area contributed by atoms with Gasteiger partial charge in [-0.3, -0.25) is 14.7 Å². The number of nitrogens with zero attached hydrogens (tertiary/aromatic N) is 3. The van der Waals surface area contributed by atoms with Crippen LogP contribution in [0.2, 0.25) is 5.02 Å². The maximum Gasteiger partial charge on any atom is 0.238 e. The summed E-state index contributed by atoms with van der Waals surface area (Å²) in [6.45, 7) is 2.64. The lowest BCUT2D eigenvalue weighted by molar-refractivity contribution is -0.116. The summed E-state index contributed by atoms with van der Waals surface area (Å²) >= 11 is 7.82. The fraction of sp³-hybridized carbons (Fsp3) is 0.160. The van der Waals surface area contributed by atoms with Crippen molar-refractivity contribution < 1.29 is 4.79 Å². The Labute approximate surface area is 196 Å². The molecule has 0 aliphatic rings. The predicted octanol–water partition coefficient (Wildman–Crippen LogP) is 6.01. The molecule has 0 atom stereocenters. The minimum absolute atomic E-state index is 0.146. The number of hydrogen-bond donors (Lipinski definition) is 1. The fourth-order valence-electron chi connectivity index (χ4n) is 3.50. The van der Waals surface area contributed by atoms with E-state index in [-0.39, 0.29) is 5.91 Å². The molecule has 0 fully saturated rings. The molecule has 0 aliphatic heterocycles. The molecule has 1 amide bonds. The lowest BCUT2D eigenvalue weighted by Crippen LogP contribution is -2.24. The van der Waals surface area contributed by atoms with Crippen molar-refractivity contribution in [1.82, 2.24) is 14.8 Å². The number of carbonyl (C=O) groups excluding carboxylic acids is 1. The number of rotatable bonds is 8. The number of halogens is 1. The number of carbonyl (C=O) groups is 1. The van der Waals surface area contributed by atoms with E-state index in [1.807, 2.05) is 96.4 Å². The quantitative estimate of drug-likeness (QED) is 0.325. The number of amides is 1. The first-order chi connectivity index (χ1) is 15.7. The molecule has 0 radical (unpaired) electrons. The number of nitrogens with one attached hydrogen (secondary N) is 1. The lowest BCUT2D eigenvalue weighted by Gasteiger charge is -2.18. The van der Waals surface area contributed by atoms with Crippen molar-refractivity contribution in [1.29, 1.82) is 0 Å². The summed E-state index contributed by atoms with van der Waals surface area (Å²) < 4.78 is 1.91. The Morgan fingerprint density at radius 1 is 0.938 bits per heavy atom. The molecule has 3 aromatic carbocycles. The standard InChI is InChI=1S/C25H23ClN4OS/c1-2-30-24(28-29-25(30)32-17-20-15-9-10-16-21(20)26)27-23(31)22(18-11-5-3-6-12-18)19-13-7-4-8-14-19/h3-16,22H,2,17H2,1H3,(H,27,28,31). The molecule has 4 aromatic rings. The van der Waals surface area contributed by atoms with Crippen LogP contribution in [0.5, 0.6) is 0 Å². The van der Waals surface area contributed by atoms with Crippen LogP contribution in [-0.2, 0) is 17.1 Å². The van der Waals surface area contributed by atoms with Gasteiger partial charge in [0.15, 0.2) is 5.16 Å². The van der Waals surface area contributed by atoms with Crippen LogP contribution in [0, 0.1) is 0 Å². The van der Waals surface area contributed by atoms with Crippen LogP contribution < -0.4 is 5.32 Å². The van der Waals surface area contributed by atoms with Gasteiger partial charge < -0.3 is 0 Å². The van der Waals surface area contributed by atoms with Crippen molar-refractivity contribution >= 4 is 35.2 Å². The zero-order chi connectivity index (χ0) is 22.3. The maximum absolute atomic E-state index is 13.4. The van der Waals surface area contributed by atoms with E-state index in [0.717, 1.165) is 26.9 Å². The van der Waals surface area contributed by atoms with Crippen molar-refractivity contribution in [3.05, 3.63) is 107 Å². The minimum atomic E-state index is -0.446. The van der Waals surface area contributed by atoms with Crippen LogP contribution in [0.3, 0.4) is 0 Å². The molecule has 1 heterocycles. The Hall–Kier alpha value is -3.09. The van der Waals surface area contributed by atoms with Gasteiger partial charge in [-0.05, 0) is 29.7 Å². The molecule has 162 valence electrons. The average Bonchev–Trinajstić information content (AvgIpc) is 3.21. The number of anilines is 1. The van der Waals surface area contributed by atoms with Gasteiger partial charge in [0.25, 0.3) is 0 Å². The first-order valence-corrected chi connectivity index (χ1v) is 11.7. The summed E-state index contributed by atoms with van der Waals surface area (Å²) in [6, 6.07) is 27.3. The van der Waals surface area contributed by atoms with Crippen LogP contribution in [0.1, 0.15) is 29.5 Å². The van der Waals surface area contributed by atoms with E-state index in [4.69, 9.17) is 11.6 Å². The van der Waals surface area contributed by atoms with E-state index in [1.54, 1.807) is 11.8 Å². The van der Waals surface area contributed by atoms with Gasteiger partial charge >= 0.3 is 0 Å². The molecular weight excluding hydrogens is 440 g/mol. The second-order valence-corrected chi connectivity index (χ2v) is 8.52. The van der Waals surface area contributed by atoms with Crippen LogP contribution >= 0.6 is 23.4 Å². The molecule has 7 heteroatoms. The molecule has 5 nitrogen and oxygen atoms in total. The first-order valence-electron chi connectivity index (χ1n) is 10.4. The van der Waals surface area contributed by atoms with E-state index >= 15 is 0 Å². The largest absolute Gasteiger partial charge is 0.294 e. The molecule has 0 bridgehead atoms. The summed E-state index contributed by atoms with van der Waals surface area (Å²) in [7, 11) is 0. The van der Waals surface area contributed by atoms with Crippen LogP contribution in [0.25, 0.3) is 0 Å². The van der Waals surface area contributed by atoms with Crippen molar-refractivity contribution in [3.8, 4) is 0 Å². The van der Waals surface area contributed by atoms with E-state index < -0.39 is 5.92 Å². The van der Waals surface area contributed by atoms with Crippen LogP contribution in [-0.4, -0.2) is 20.7 Å². The van der Waals surface area contributed by atoms with Crippen molar-refractivity contribution in [2.75, 3.05) is 5.32 Å². The minimum Gasteiger partial charge on any atom is -0.294 e. The Balaban J connectivity index is 1.56. The van der Waals surface area contributed by atoms with Crippen molar-refractivity contribution in [3.63, 3.8) is 0 Å². The highest BCUT2D eigenvalue weighted by atomic mass is 35.5. The molecule has 0 spiro atoms. The van der Waals surface area contributed by atoms with E-state index in [0.29, 0.717) is 18.2 Å². The predicted molar refractivity (Wildman–Crippen MR) is 130 cm³/mol. The Morgan fingerprint density at radius 3 is 2.12 bits per heavy atom. The third kappa shape index (κ3) is 5.03. The highest BCUT2D eigenvalue weighted by Crippen LogP contribution is 2.29. The maximum atomic E-state index is 13.4. The fourth-order valence-corrected chi connectivity index (χ4v) is 4.79. The third-order valence-electron chi connectivity index (χ3n) is 5.11. The number of aromatic nitrogens is 3. The molecule has 0 saturated heterocycles. The van der Waals surface area contributed by atoms with Gasteiger partial charge in [0, 0.05) is 17.3 Å². The van der Waals surface area contributed by atoms with Crippen LogP contribution in [0.4, 0.5) is 5.95 Å². The smallest absolute Gasteiger partial charge is 0.238 e. The van der Waals surface area contributed by atoms with Gasteiger partial charge in [0.05, 0.1) is 5.92 Å². The van der Waals surface area contributed by atoms with Gasteiger partial charge in [-0.25, -0.2) is 0 Å². The molecule has 32 heavy (non-hydrogen) atoms.